The number of nitrogens with zero attached hydrogens (tertiary/aromatic N) is 3. The van der Waals surface area contributed by atoms with E-state index in [9.17, 15) is 9.59 Å². The van der Waals surface area contributed by atoms with E-state index in [2.05, 4.69) is 27.9 Å². The van der Waals surface area contributed by atoms with E-state index < -0.39 is 0 Å². The minimum atomic E-state index is -0.211. The third kappa shape index (κ3) is 1.94. The van der Waals surface area contributed by atoms with Gasteiger partial charge in [0.05, 0.1) is 18.1 Å². The van der Waals surface area contributed by atoms with Crippen LogP contribution in [0.5, 0.6) is 0 Å². The third-order valence-corrected chi connectivity index (χ3v) is 6.49. The van der Waals surface area contributed by atoms with Crippen LogP contribution in [0.3, 0.4) is 0 Å². The van der Waals surface area contributed by atoms with Crippen LogP contribution in [0, 0.1) is 30.6 Å². The predicted octanol–water partition coefficient (Wildman–Crippen LogP) is 3.02. The van der Waals surface area contributed by atoms with Crippen LogP contribution in [0.4, 0.5) is 0 Å². The van der Waals surface area contributed by atoms with Crippen molar-refractivity contribution in [2.24, 2.45) is 35.8 Å². The number of carbonyl (C=O) groups excluding carboxylic acids is 2. The Balaban J connectivity index is 1.52. The lowest BCUT2D eigenvalue weighted by atomic mass is 9.63. The van der Waals surface area contributed by atoms with Gasteiger partial charge in [-0.3, -0.25) is 9.59 Å². The quantitative estimate of drug-likeness (QED) is 0.476. The second-order valence-corrected chi connectivity index (χ2v) is 7.65. The van der Waals surface area contributed by atoms with Crippen molar-refractivity contribution in [1.29, 1.82) is 0 Å². The molecular formula is C21H21N3O2. The zero-order valence-corrected chi connectivity index (χ0v) is 14.9. The van der Waals surface area contributed by atoms with Crippen LogP contribution < -0.4 is 0 Å². The largest absolute Gasteiger partial charge is 0.347 e. The molecule has 5 heteroatoms. The van der Waals surface area contributed by atoms with Crippen LogP contribution in [0.1, 0.15) is 24.1 Å². The van der Waals surface area contributed by atoms with Gasteiger partial charge in [-0.1, -0.05) is 30.4 Å². The first kappa shape index (κ1) is 15.6. The Bertz CT molecular complexity index is 968. The van der Waals surface area contributed by atoms with E-state index >= 15 is 0 Å². The number of aryl methyl sites for hydroxylation is 1. The molecule has 2 fully saturated rings. The van der Waals surface area contributed by atoms with Crippen LogP contribution in [-0.4, -0.2) is 27.6 Å². The Morgan fingerprint density at radius 3 is 2.27 bits per heavy atom. The molecule has 0 spiro atoms. The highest BCUT2D eigenvalue weighted by molar-refractivity contribution is 6.07. The number of benzene rings is 1. The van der Waals surface area contributed by atoms with Gasteiger partial charge in [0, 0.05) is 29.2 Å². The number of carbonyl (C=O) groups is 2. The topological polar surface area (TPSA) is 54.7 Å². The maximum absolute atomic E-state index is 12.9. The van der Waals surface area contributed by atoms with Gasteiger partial charge in [0.1, 0.15) is 0 Å². The van der Waals surface area contributed by atoms with Crippen molar-refractivity contribution in [1.82, 2.24) is 9.58 Å². The molecule has 1 saturated carbocycles. The first-order chi connectivity index (χ1) is 12.6. The molecule has 2 aromatic rings. The van der Waals surface area contributed by atoms with E-state index in [1.54, 1.807) is 6.21 Å². The molecule has 1 aliphatic heterocycles. The monoisotopic (exact) mass is 347 g/mol. The molecular weight excluding hydrogens is 326 g/mol. The van der Waals surface area contributed by atoms with Gasteiger partial charge in [0.25, 0.3) is 11.8 Å². The van der Waals surface area contributed by atoms with E-state index in [0.717, 1.165) is 40.0 Å². The molecule has 26 heavy (non-hydrogen) atoms. The second-order valence-electron chi connectivity index (χ2n) is 7.65. The molecule has 1 aromatic carbocycles. The van der Waals surface area contributed by atoms with Crippen molar-refractivity contribution in [3.8, 4) is 0 Å². The number of para-hydroxylation sites is 1. The number of hydrazone groups is 1. The van der Waals surface area contributed by atoms with Crippen molar-refractivity contribution >= 4 is 28.9 Å². The van der Waals surface area contributed by atoms with Crippen molar-refractivity contribution in [3.05, 3.63) is 47.7 Å². The van der Waals surface area contributed by atoms with Crippen LogP contribution in [0.2, 0.25) is 0 Å². The fourth-order valence-corrected chi connectivity index (χ4v) is 5.00. The number of amides is 2. The number of fused-ring (bicyclic) bond motifs is 2. The van der Waals surface area contributed by atoms with Crippen LogP contribution in [0.25, 0.3) is 10.9 Å². The normalized spacial score (nSPS) is 30.2. The molecule has 2 amide bonds. The molecule has 5 nitrogen and oxygen atoms in total. The second kappa shape index (κ2) is 5.40. The molecule has 3 aliphatic carbocycles. The molecule has 6 rings (SSSR count). The van der Waals surface area contributed by atoms with Gasteiger partial charge in [0.15, 0.2) is 0 Å². The summed E-state index contributed by atoms with van der Waals surface area (Å²) >= 11 is 0. The molecule has 0 N–H and O–H groups in total. The average Bonchev–Trinajstić information content (AvgIpc) is 3.08. The fourth-order valence-electron chi connectivity index (χ4n) is 5.00. The highest BCUT2D eigenvalue weighted by Gasteiger charge is 2.56. The van der Waals surface area contributed by atoms with Crippen LogP contribution >= 0.6 is 0 Å². The first-order valence-electron chi connectivity index (χ1n) is 9.22. The van der Waals surface area contributed by atoms with Gasteiger partial charge >= 0.3 is 0 Å². The summed E-state index contributed by atoms with van der Waals surface area (Å²) in [6.07, 6.45) is 7.94. The Labute approximate surface area is 152 Å². The van der Waals surface area contributed by atoms with Crippen molar-refractivity contribution < 1.29 is 9.59 Å². The maximum Gasteiger partial charge on any atom is 0.254 e. The number of allylic oxidation sites excluding steroid dienone is 2. The summed E-state index contributed by atoms with van der Waals surface area (Å²) in [5.41, 5.74) is 3.13. The Morgan fingerprint density at radius 1 is 1.04 bits per heavy atom. The smallest absolute Gasteiger partial charge is 0.254 e. The van der Waals surface area contributed by atoms with Crippen LogP contribution in [-0.2, 0) is 16.6 Å². The van der Waals surface area contributed by atoms with Gasteiger partial charge in [-0.05, 0) is 37.7 Å². The highest BCUT2D eigenvalue weighted by Crippen LogP contribution is 2.49. The van der Waals surface area contributed by atoms with Gasteiger partial charge < -0.3 is 4.57 Å². The van der Waals surface area contributed by atoms with Crippen molar-refractivity contribution in [2.45, 2.75) is 19.8 Å². The zero-order chi connectivity index (χ0) is 18.0. The lowest BCUT2D eigenvalue weighted by molar-refractivity contribution is -0.140. The Hall–Kier alpha value is -2.69. The summed E-state index contributed by atoms with van der Waals surface area (Å²) in [4.78, 5) is 25.7. The number of rotatable bonds is 2. The highest BCUT2D eigenvalue weighted by atomic mass is 16.2. The number of imide groups is 1. The standard InChI is InChI=1S/C21H21N3O2/c1-12-16(15-5-3-4-6-17(15)23(12)2)11-22-24-20(25)18-13-7-8-14(10-9-13)19(18)21(24)26/h3-8,11,13-14,18-19H,9-10H2,1-2H3/b22-11-/t13-,14-,18-,19+/m0/s1. The summed E-state index contributed by atoms with van der Waals surface area (Å²) < 4.78 is 2.11. The number of aromatic nitrogens is 1. The molecule has 1 saturated heterocycles. The molecule has 4 atom stereocenters. The lowest BCUT2D eigenvalue weighted by Gasteiger charge is -2.37. The summed E-state index contributed by atoms with van der Waals surface area (Å²) in [7, 11) is 2.01. The molecule has 0 radical (unpaired) electrons. The Morgan fingerprint density at radius 2 is 1.65 bits per heavy atom. The summed E-state index contributed by atoms with van der Waals surface area (Å²) in [6, 6.07) is 8.10. The van der Waals surface area contributed by atoms with Crippen molar-refractivity contribution in [2.75, 3.05) is 0 Å². The van der Waals surface area contributed by atoms with E-state index in [-0.39, 0.29) is 35.5 Å². The number of hydrogen-bond acceptors (Lipinski definition) is 3. The molecule has 0 unspecified atom stereocenters. The molecule has 2 heterocycles. The van der Waals surface area contributed by atoms with Gasteiger partial charge in [-0.15, -0.1) is 0 Å². The summed E-state index contributed by atoms with van der Waals surface area (Å²) in [5, 5.41) is 6.58. The average molecular weight is 347 g/mol. The Kier molecular flexibility index (Phi) is 3.23. The van der Waals surface area contributed by atoms with Gasteiger partial charge in [0.2, 0.25) is 0 Å². The first-order valence-corrected chi connectivity index (χ1v) is 9.22. The fraction of sp³-hybridized carbons (Fsp3) is 0.381. The zero-order valence-electron chi connectivity index (χ0n) is 14.9. The molecule has 2 bridgehead atoms. The summed E-state index contributed by atoms with van der Waals surface area (Å²) in [5.74, 6) is -0.294. The summed E-state index contributed by atoms with van der Waals surface area (Å²) in [6.45, 7) is 2.03. The minimum Gasteiger partial charge on any atom is -0.347 e. The van der Waals surface area contributed by atoms with E-state index in [1.807, 2.05) is 32.2 Å². The van der Waals surface area contributed by atoms with Gasteiger partial charge in [-0.2, -0.15) is 10.1 Å². The maximum atomic E-state index is 12.9. The predicted molar refractivity (Wildman–Crippen MR) is 99.4 cm³/mol. The lowest BCUT2D eigenvalue weighted by Crippen LogP contribution is -2.38. The van der Waals surface area contributed by atoms with Crippen molar-refractivity contribution in [3.63, 3.8) is 0 Å². The van der Waals surface area contributed by atoms with Gasteiger partial charge in [-0.25, -0.2) is 0 Å². The molecule has 132 valence electrons. The van der Waals surface area contributed by atoms with E-state index in [1.165, 1.54) is 0 Å². The van der Waals surface area contributed by atoms with E-state index in [4.69, 9.17) is 0 Å². The third-order valence-electron chi connectivity index (χ3n) is 6.49. The van der Waals surface area contributed by atoms with E-state index in [0.29, 0.717) is 0 Å². The minimum absolute atomic E-state index is 0.131. The SMILES string of the molecule is Cc1c(/C=N\N2C(=O)[C@@H]3[C@H](C2=O)[C@H]2C=C[C@H]3CC2)c2ccccc2n1C. The van der Waals surface area contributed by atoms with Crippen LogP contribution in [0.15, 0.2) is 41.5 Å². The molecule has 1 aromatic heterocycles. The molecule has 4 aliphatic rings. The number of hydrogen-bond donors (Lipinski definition) is 0.